The van der Waals surface area contributed by atoms with Gasteiger partial charge in [-0.3, -0.25) is 14.9 Å². The average Bonchev–Trinajstić information content (AvgIpc) is 2.40. The lowest BCUT2D eigenvalue weighted by Crippen LogP contribution is -2.40. The quantitative estimate of drug-likeness (QED) is 0.443. The Hall–Kier alpha value is -2.15. The molecular formula is C13H17N3O4. The van der Waals surface area contributed by atoms with Crippen molar-refractivity contribution in [3.63, 3.8) is 0 Å². The zero-order valence-electron chi connectivity index (χ0n) is 11.1. The number of nitro groups is 1. The number of rotatable bonds is 3. The summed E-state index contributed by atoms with van der Waals surface area (Å²) in [5.41, 5.74) is -0.190. The topological polar surface area (TPSA) is 104 Å². The molecule has 1 aliphatic rings. The van der Waals surface area contributed by atoms with E-state index in [9.17, 15) is 20.0 Å². The molecule has 20 heavy (non-hydrogen) atoms. The second-order valence-electron chi connectivity index (χ2n) is 5.02. The molecule has 0 radical (unpaired) electrons. The Bertz CT molecular complexity index is 532. The van der Waals surface area contributed by atoms with Gasteiger partial charge in [-0.05, 0) is 38.4 Å². The Morgan fingerprint density at radius 2 is 2.30 bits per heavy atom. The molecule has 0 spiro atoms. The number of hydrogen-bond acceptors (Lipinski definition) is 5. The molecule has 1 aliphatic heterocycles. The fraction of sp³-hybridized carbons (Fsp3) is 0.462. The molecule has 108 valence electrons. The minimum absolute atomic E-state index is 0.115. The molecule has 2 atom stereocenters. The smallest absolute Gasteiger partial charge is 0.296 e. The van der Waals surface area contributed by atoms with Crippen molar-refractivity contribution in [2.45, 2.75) is 25.8 Å². The van der Waals surface area contributed by atoms with Crippen LogP contribution in [0.2, 0.25) is 0 Å². The van der Waals surface area contributed by atoms with E-state index in [0.29, 0.717) is 12.8 Å². The van der Waals surface area contributed by atoms with Crippen molar-refractivity contribution < 1.29 is 14.8 Å². The van der Waals surface area contributed by atoms with Gasteiger partial charge in [-0.2, -0.15) is 0 Å². The van der Waals surface area contributed by atoms with Crippen molar-refractivity contribution in [3.05, 3.63) is 28.3 Å². The monoisotopic (exact) mass is 279 g/mol. The van der Waals surface area contributed by atoms with E-state index in [1.807, 2.05) is 6.92 Å². The van der Waals surface area contributed by atoms with Gasteiger partial charge in [0.25, 0.3) is 5.69 Å². The van der Waals surface area contributed by atoms with E-state index >= 15 is 0 Å². The molecule has 2 unspecified atom stereocenters. The lowest BCUT2D eigenvalue weighted by molar-refractivity contribution is -0.384. The molecule has 0 saturated carbocycles. The summed E-state index contributed by atoms with van der Waals surface area (Å²) >= 11 is 0. The van der Waals surface area contributed by atoms with Gasteiger partial charge in [0.05, 0.1) is 11.0 Å². The van der Waals surface area contributed by atoms with E-state index in [-0.39, 0.29) is 35.0 Å². The highest BCUT2D eigenvalue weighted by atomic mass is 16.6. The van der Waals surface area contributed by atoms with Crippen molar-refractivity contribution >= 4 is 17.3 Å². The van der Waals surface area contributed by atoms with Gasteiger partial charge in [0.2, 0.25) is 5.91 Å². The molecular weight excluding hydrogens is 262 g/mol. The molecule has 1 heterocycles. The van der Waals surface area contributed by atoms with Gasteiger partial charge in [-0.25, -0.2) is 0 Å². The molecule has 0 aromatic heterocycles. The number of nitro benzene ring substituents is 1. The molecule has 1 aromatic carbocycles. The third kappa shape index (κ3) is 3.24. The second kappa shape index (κ2) is 5.87. The molecule has 7 nitrogen and oxygen atoms in total. The number of benzene rings is 1. The van der Waals surface area contributed by atoms with Crippen LogP contribution in [0.1, 0.15) is 19.8 Å². The normalized spacial score (nSPS) is 22.2. The average molecular weight is 279 g/mol. The summed E-state index contributed by atoms with van der Waals surface area (Å²) < 4.78 is 0. The van der Waals surface area contributed by atoms with Gasteiger partial charge in [0.1, 0.15) is 11.4 Å². The first kappa shape index (κ1) is 14.3. The molecule has 1 saturated heterocycles. The number of carbonyl (C=O) groups is 1. The van der Waals surface area contributed by atoms with Crippen LogP contribution in [-0.4, -0.2) is 28.5 Å². The first-order chi connectivity index (χ1) is 9.47. The van der Waals surface area contributed by atoms with Crippen LogP contribution in [0.3, 0.4) is 0 Å². The molecule has 0 aliphatic carbocycles. The molecule has 1 amide bonds. The largest absolute Gasteiger partial charge is 0.508 e. The van der Waals surface area contributed by atoms with Gasteiger partial charge in [0, 0.05) is 12.0 Å². The Labute approximate surface area is 116 Å². The summed E-state index contributed by atoms with van der Waals surface area (Å²) in [6, 6.07) is 3.94. The number of aromatic hydroxyl groups is 1. The standard InChI is InChI=1S/C13H17N3O4/c1-8-6-9(4-5-14-8)13(18)15-11-3-2-10(17)7-12(11)16(19)20/h2-3,7-9,14,17H,4-6H2,1H3,(H,15,18). The number of carbonyl (C=O) groups excluding carboxylic acids is 1. The molecule has 2 rings (SSSR count). The molecule has 1 fully saturated rings. The second-order valence-corrected chi connectivity index (χ2v) is 5.02. The van der Waals surface area contributed by atoms with E-state index in [2.05, 4.69) is 10.6 Å². The van der Waals surface area contributed by atoms with Gasteiger partial charge < -0.3 is 15.7 Å². The Morgan fingerprint density at radius 1 is 1.55 bits per heavy atom. The first-order valence-electron chi connectivity index (χ1n) is 6.49. The number of hydrogen-bond donors (Lipinski definition) is 3. The SMILES string of the molecule is CC1CC(C(=O)Nc2ccc(O)cc2[N+](=O)[O-])CCN1. The predicted octanol–water partition coefficient (Wildman–Crippen LogP) is 1.63. The van der Waals surface area contributed by atoms with Crippen molar-refractivity contribution in [1.29, 1.82) is 0 Å². The Balaban J connectivity index is 2.13. The number of piperidine rings is 1. The summed E-state index contributed by atoms with van der Waals surface area (Å²) in [7, 11) is 0. The summed E-state index contributed by atoms with van der Waals surface area (Å²) in [6.07, 6.45) is 1.42. The number of nitrogens with one attached hydrogen (secondary N) is 2. The van der Waals surface area contributed by atoms with Gasteiger partial charge in [-0.1, -0.05) is 0 Å². The highest BCUT2D eigenvalue weighted by molar-refractivity contribution is 5.94. The number of phenols is 1. The Morgan fingerprint density at radius 3 is 2.95 bits per heavy atom. The zero-order chi connectivity index (χ0) is 14.7. The van der Waals surface area contributed by atoms with E-state index < -0.39 is 4.92 Å². The lowest BCUT2D eigenvalue weighted by atomic mass is 9.92. The van der Waals surface area contributed by atoms with E-state index in [1.165, 1.54) is 12.1 Å². The highest BCUT2D eigenvalue weighted by Crippen LogP contribution is 2.29. The molecule has 1 aromatic rings. The van der Waals surface area contributed by atoms with Crippen molar-refractivity contribution in [2.75, 3.05) is 11.9 Å². The number of nitrogens with zero attached hydrogens (tertiary/aromatic N) is 1. The van der Waals surface area contributed by atoms with Crippen LogP contribution in [0.4, 0.5) is 11.4 Å². The molecule has 3 N–H and O–H groups in total. The van der Waals surface area contributed by atoms with Gasteiger partial charge in [-0.15, -0.1) is 0 Å². The van der Waals surface area contributed by atoms with Crippen LogP contribution < -0.4 is 10.6 Å². The van der Waals surface area contributed by atoms with Gasteiger partial charge >= 0.3 is 0 Å². The minimum atomic E-state index is -0.625. The number of phenolic OH excluding ortho intramolecular Hbond substituents is 1. The van der Waals surface area contributed by atoms with E-state index in [1.54, 1.807) is 0 Å². The maximum absolute atomic E-state index is 12.1. The summed E-state index contributed by atoms with van der Waals surface area (Å²) in [5, 5.41) is 26.0. The molecule has 0 bridgehead atoms. The summed E-state index contributed by atoms with van der Waals surface area (Å²) in [5.74, 6) is -0.572. The number of anilines is 1. The van der Waals surface area contributed by atoms with Crippen LogP contribution in [0, 0.1) is 16.0 Å². The summed E-state index contributed by atoms with van der Waals surface area (Å²) in [6.45, 7) is 2.76. The Kier molecular flexibility index (Phi) is 4.19. The zero-order valence-corrected chi connectivity index (χ0v) is 11.1. The van der Waals surface area contributed by atoms with Crippen LogP contribution >= 0.6 is 0 Å². The van der Waals surface area contributed by atoms with Crippen molar-refractivity contribution in [2.24, 2.45) is 5.92 Å². The van der Waals surface area contributed by atoms with Gasteiger partial charge in [0.15, 0.2) is 0 Å². The van der Waals surface area contributed by atoms with E-state index in [4.69, 9.17) is 0 Å². The van der Waals surface area contributed by atoms with Crippen LogP contribution in [-0.2, 0) is 4.79 Å². The van der Waals surface area contributed by atoms with E-state index in [0.717, 1.165) is 12.6 Å². The van der Waals surface area contributed by atoms with Crippen LogP contribution in [0.5, 0.6) is 5.75 Å². The van der Waals surface area contributed by atoms with Crippen molar-refractivity contribution in [1.82, 2.24) is 5.32 Å². The maximum Gasteiger partial charge on any atom is 0.296 e. The summed E-state index contributed by atoms with van der Waals surface area (Å²) in [4.78, 5) is 22.4. The molecule has 7 heteroatoms. The lowest BCUT2D eigenvalue weighted by Gasteiger charge is -2.27. The third-order valence-corrected chi connectivity index (χ3v) is 3.43. The predicted molar refractivity (Wildman–Crippen MR) is 73.6 cm³/mol. The maximum atomic E-state index is 12.1. The minimum Gasteiger partial charge on any atom is -0.508 e. The number of amides is 1. The van der Waals surface area contributed by atoms with Crippen LogP contribution in [0.25, 0.3) is 0 Å². The first-order valence-corrected chi connectivity index (χ1v) is 6.49. The fourth-order valence-corrected chi connectivity index (χ4v) is 2.38. The van der Waals surface area contributed by atoms with Crippen LogP contribution in [0.15, 0.2) is 18.2 Å². The van der Waals surface area contributed by atoms with Crippen molar-refractivity contribution in [3.8, 4) is 5.75 Å². The fourth-order valence-electron chi connectivity index (χ4n) is 2.38. The third-order valence-electron chi connectivity index (χ3n) is 3.43. The highest BCUT2D eigenvalue weighted by Gasteiger charge is 2.26.